The van der Waals surface area contributed by atoms with Crippen molar-refractivity contribution in [2.75, 3.05) is 12.4 Å². The highest BCUT2D eigenvalue weighted by Gasteiger charge is 2.17. The average molecular weight is 335 g/mol. The number of benzene rings is 2. The van der Waals surface area contributed by atoms with Crippen LogP contribution < -0.4 is 10.1 Å². The third-order valence-corrected chi connectivity index (χ3v) is 3.84. The fraction of sp³-hybridized carbons (Fsp3) is 0.125. The van der Waals surface area contributed by atoms with E-state index in [1.807, 2.05) is 12.1 Å². The molecule has 2 aromatic rings. The molecule has 0 aliphatic heterocycles. The van der Waals surface area contributed by atoms with Gasteiger partial charge < -0.3 is 15.2 Å². The third-order valence-electron chi connectivity index (χ3n) is 2.99. The molecule has 7 heteroatoms. The quantitative estimate of drug-likeness (QED) is 0.864. The normalized spacial score (nSPS) is 10.2. The number of carbonyl (C=O) groups is 2. The second-order valence-electron chi connectivity index (χ2n) is 4.52. The Hall–Kier alpha value is -2.54. The second kappa shape index (κ2) is 7.64. The minimum absolute atomic E-state index is 0.0651. The lowest BCUT2D eigenvalue weighted by molar-refractivity contribution is 0.0693. The molecule has 0 atom stereocenters. The molecule has 0 bridgehead atoms. The summed E-state index contributed by atoms with van der Waals surface area (Å²) in [5.74, 6) is -1.21. The van der Waals surface area contributed by atoms with Gasteiger partial charge in [-0.2, -0.15) is 0 Å². The molecule has 0 radical (unpaired) electrons. The molecule has 2 aromatic carbocycles. The number of thioether (sulfide) groups is 1. The van der Waals surface area contributed by atoms with E-state index in [0.29, 0.717) is 11.5 Å². The molecule has 0 aromatic heterocycles. The molecular formula is C16H14FNO4S. The minimum atomic E-state index is -1.43. The summed E-state index contributed by atoms with van der Waals surface area (Å²) in [6.45, 7) is 0. The fourth-order valence-electron chi connectivity index (χ4n) is 1.86. The zero-order valence-corrected chi connectivity index (χ0v) is 13.0. The molecular weight excluding hydrogens is 321 g/mol. The van der Waals surface area contributed by atoms with E-state index in [2.05, 4.69) is 5.32 Å². The van der Waals surface area contributed by atoms with Crippen LogP contribution in [0.1, 0.15) is 15.9 Å². The van der Waals surface area contributed by atoms with Gasteiger partial charge in [-0.1, -0.05) is 30.0 Å². The highest BCUT2D eigenvalue weighted by molar-refractivity contribution is 8.13. The first-order chi connectivity index (χ1) is 11.0. The highest BCUT2D eigenvalue weighted by Crippen LogP contribution is 2.22. The lowest BCUT2D eigenvalue weighted by Gasteiger charge is -2.09. The maximum atomic E-state index is 13.5. The maximum absolute atomic E-state index is 13.5. The first-order valence-corrected chi connectivity index (χ1v) is 7.58. The zero-order chi connectivity index (χ0) is 16.8. The van der Waals surface area contributed by atoms with Gasteiger partial charge in [0.25, 0.3) is 5.24 Å². The van der Waals surface area contributed by atoms with Crippen LogP contribution in [0, 0.1) is 5.82 Å². The highest BCUT2D eigenvalue weighted by atomic mass is 32.2. The second-order valence-corrected chi connectivity index (χ2v) is 5.46. The van der Waals surface area contributed by atoms with E-state index >= 15 is 0 Å². The average Bonchev–Trinajstić information content (AvgIpc) is 2.53. The number of carboxylic acid groups (broad SMARTS) is 1. The summed E-state index contributed by atoms with van der Waals surface area (Å²) in [7, 11) is 1.57. The van der Waals surface area contributed by atoms with Crippen LogP contribution in [-0.2, 0) is 5.75 Å². The van der Waals surface area contributed by atoms with Crippen LogP contribution in [0.5, 0.6) is 5.75 Å². The summed E-state index contributed by atoms with van der Waals surface area (Å²) < 4.78 is 18.6. The predicted octanol–water partition coefficient (Wildman–Crippen LogP) is 4.00. The molecule has 0 saturated heterocycles. The van der Waals surface area contributed by atoms with Gasteiger partial charge in [-0.15, -0.1) is 0 Å². The lowest BCUT2D eigenvalue weighted by atomic mass is 10.1. The molecule has 23 heavy (non-hydrogen) atoms. The smallest absolute Gasteiger partial charge is 0.340 e. The third kappa shape index (κ3) is 4.46. The van der Waals surface area contributed by atoms with E-state index in [1.54, 1.807) is 19.2 Å². The molecule has 0 heterocycles. The molecule has 0 spiro atoms. The van der Waals surface area contributed by atoms with Crippen molar-refractivity contribution < 1.29 is 23.8 Å². The number of carbonyl (C=O) groups excluding carboxylic acids is 1. The van der Waals surface area contributed by atoms with Gasteiger partial charge in [0.15, 0.2) is 0 Å². The van der Waals surface area contributed by atoms with Gasteiger partial charge in [0.1, 0.15) is 17.1 Å². The molecule has 0 fully saturated rings. The van der Waals surface area contributed by atoms with Gasteiger partial charge >= 0.3 is 5.97 Å². The van der Waals surface area contributed by atoms with Gasteiger partial charge in [-0.05, 0) is 29.8 Å². The topological polar surface area (TPSA) is 75.6 Å². The Labute approximate surface area is 136 Å². The van der Waals surface area contributed by atoms with Crippen molar-refractivity contribution in [1.82, 2.24) is 0 Å². The number of aromatic carboxylic acids is 1. The largest absolute Gasteiger partial charge is 0.497 e. The summed E-state index contributed by atoms with van der Waals surface area (Å²) in [5.41, 5.74) is 0.291. The van der Waals surface area contributed by atoms with Crippen LogP contribution in [-0.4, -0.2) is 23.4 Å². The van der Waals surface area contributed by atoms with Crippen LogP contribution in [0.15, 0.2) is 42.5 Å². The molecule has 0 aliphatic carbocycles. The molecule has 0 unspecified atom stereocenters. The standard InChI is InChI=1S/C16H14FNO4S/c1-22-11-7-5-10(6-8-11)9-23-16(21)18-13-4-2-3-12(17)14(13)15(19)20/h2-8H,9H2,1H3,(H,18,21)(H,19,20). The lowest BCUT2D eigenvalue weighted by Crippen LogP contribution is -2.11. The van der Waals surface area contributed by atoms with E-state index in [9.17, 15) is 14.0 Å². The Kier molecular flexibility index (Phi) is 5.59. The molecule has 0 aliphatic rings. The van der Waals surface area contributed by atoms with Gasteiger partial charge in [-0.3, -0.25) is 4.79 Å². The van der Waals surface area contributed by atoms with Crippen molar-refractivity contribution in [3.8, 4) is 5.75 Å². The number of hydrogen-bond acceptors (Lipinski definition) is 4. The molecule has 1 amide bonds. The zero-order valence-electron chi connectivity index (χ0n) is 12.2. The Morgan fingerprint density at radius 2 is 1.91 bits per heavy atom. The van der Waals surface area contributed by atoms with Crippen LogP contribution in [0.4, 0.5) is 14.9 Å². The molecule has 5 nitrogen and oxygen atoms in total. The van der Waals surface area contributed by atoms with Gasteiger partial charge in [0.2, 0.25) is 0 Å². The van der Waals surface area contributed by atoms with Crippen molar-refractivity contribution in [2.45, 2.75) is 5.75 Å². The maximum Gasteiger partial charge on any atom is 0.340 e. The summed E-state index contributed by atoms with van der Waals surface area (Å²) >= 11 is 0.958. The first kappa shape index (κ1) is 16.8. The molecule has 2 N–H and O–H groups in total. The van der Waals surface area contributed by atoms with Crippen molar-refractivity contribution in [1.29, 1.82) is 0 Å². The SMILES string of the molecule is COc1ccc(CSC(=O)Nc2cccc(F)c2C(=O)O)cc1. The van der Waals surface area contributed by atoms with Gasteiger partial charge in [-0.25, -0.2) is 9.18 Å². The van der Waals surface area contributed by atoms with E-state index < -0.39 is 22.6 Å². The number of amides is 1. The summed E-state index contributed by atoms with van der Waals surface area (Å²) in [4.78, 5) is 23.0. The van der Waals surface area contributed by atoms with Crippen LogP contribution in [0.3, 0.4) is 0 Å². The van der Waals surface area contributed by atoms with Gasteiger partial charge in [0.05, 0.1) is 12.8 Å². The number of anilines is 1. The number of hydrogen-bond donors (Lipinski definition) is 2. The summed E-state index contributed by atoms with van der Waals surface area (Å²) in [6.07, 6.45) is 0. The Balaban J connectivity index is 2.00. The van der Waals surface area contributed by atoms with E-state index in [4.69, 9.17) is 9.84 Å². The van der Waals surface area contributed by atoms with Crippen molar-refractivity contribution >= 4 is 28.7 Å². The van der Waals surface area contributed by atoms with Crippen LogP contribution in [0.2, 0.25) is 0 Å². The molecule has 120 valence electrons. The predicted molar refractivity (Wildman–Crippen MR) is 86.7 cm³/mol. The van der Waals surface area contributed by atoms with Crippen molar-refractivity contribution in [3.63, 3.8) is 0 Å². The summed E-state index contributed by atoms with van der Waals surface area (Å²) in [6, 6.07) is 10.9. The number of ether oxygens (including phenoxy) is 1. The first-order valence-electron chi connectivity index (χ1n) is 6.59. The van der Waals surface area contributed by atoms with Crippen molar-refractivity contribution in [2.24, 2.45) is 0 Å². The summed E-state index contributed by atoms with van der Waals surface area (Å²) in [5, 5.41) is 10.9. The van der Waals surface area contributed by atoms with Crippen molar-refractivity contribution in [3.05, 3.63) is 59.4 Å². The van der Waals surface area contributed by atoms with E-state index in [0.717, 1.165) is 23.4 Å². The minimum Gasteiger partial charge on any atom is -0.497 e. The fourth-order valence-corrected chi connectivity index (χ4v) is 2.53. The number of rotatable bonds is 5. The Morgan fingerprint density at radius 1 is 1.22 bits per heavy atom. The Bertz CT molecular complexity index is 719. The van der Waals surface area contributed by atoms with E-state index in [1.165, 1.54) is 12.1 Å². The molecule has 0 saturated carbocycles. The van der Waals surface area contributed by atoms with Crippen LogP contribution in [0.25, 0.3) is 0 Å². The van der Waals surface area contributed by atoms with Gasteiger partial charge in [0, 0.05) is 5.75 Å². The Morgan fingerprint density at radius 3 is 2.52 bits per heavy atom. The monoisotopic (exact) mass is 335 g/mol. The number of methoxy groups -OCH3 is 1. The van der Waals surface area contributed by atoms with Crippen LogP contribution >= 0.6 is 11.8 Å². The number of carboxylic acids is 1. The molecule has 2 rings (SSSR count). The number of halogens is 1. The van der Waals surface area contributed by atoms with E-state index in [-0.39, 0.29) is 5.69 Å². The number of nitrogens with one attached hydrogen (secondary N) is 1.